The van der Waals surface area contributed by atoms with Crippen LogP contribution < -0.4 is 0 Å². The van der Waals surface area contributed by atoms with E-state index in [0.717, 1.165) is 0 Å². The Bertz CT molecular complexity index is 62.1. The number of aliphatic hydroxyl groups excluding tert-OH is 2. The lowest BCUT2D eigenvalue weighted by Crippen LogP contribution is -2.11. The van der Waals surface area contributed by atoms with Gasteiger partial charge in [-0.2, -0.15) is 9.78 Å². The van der Waals surface area contributed by atoms with Gasteiger partial charge in [-0.3, -0.25) is 0 Å². The molecule has 2 N–H and O–H groups in total. The monoisotopic (exact) mass is 154 g/mol. The minimum atomic E-state index is -1.11. The van der Waals surface area contributed by atoms with Crippen LogP contribution in [0.15, 0.2) is 0 Å². The summed E-state index contributed by atoms with van der Waals surface area (Å²) in [5.41, 5.74) is 0. The van der Waals surface area contributed by atoms with E-state index in [2.05, 4.69) is 19.9 Å². The van der Waals surface area contributed by atoms with E-state index in [-0.39, 0.29) is 0 Å². The zero-order chi connectivity index (χ0) is 7.98. The van der Waals surface area contributed by atoms with Crippen molar-refractivity contribution in [3.8, 4) is 0 Å². The normalized spacial score (nSPS) is 16.8. The van der Waals surface area contributed by atoms with Crippen LogP contribution in [0.2, 0.25) is 0 Å². The van der Waals surface area contributed by atoms with Crippen LogP contribution >= 0.6 is 0 Å². The SMILES string of the molecule is CC(O)OOOOC(C)O. The maximum absolute atomic E-state index is 8.37. The molecule has 0 aliphatic heterocycles. The Labute approximate surface area is 57.7 Å². The first kappa shape index (κ1) is 9.76. The van der Waals surface area contributed by atoms with E-state index in [0.29, 0.717) is 0 Å². The van der Waals surface area contributed by atoms with Crippen molar-refractivity contribution in [2.45, 2.75) is 26.4 Å². The van der Waals surface area contributed by atoms with Gasteiger partial charge in [0.25, 0.3) is 0 Å². The van der Waals surface area contributed by atoms with Crippen molar-refractivity contribution in [3.05, 3.63) is 0 Å². The fraction of sp³-hybridized carbons (Fsp3) is 1.00. The molecule has 0 bridgehead atoms. The van der Waals surface area contributed by atoms with Crippen LogP contribution in [-0.2, 0) is 19.9 Å². The van der Waals surface area contributed by atoms with E-state index < -0.39 is 12.6 Å². The highest BCUT2D eigenvalue weighted by atomic mass is 17.7. The lowest BCUT2D eigenvalue weighted by atomic mass is 10.8. The third-order valence-electron chi connectivity index (χ3n) is 0.385. The summed E-state index contributed by atoms with van der Waals surface area (Å²) in [6.45, 7) is 2.62. The molecule has 0 aromatic heterocycles. The van der Waals surface area contributed by atoms with Gasteiger partial charge in [0.05, 0.1) is 0 Å². The number of hydrogen-bond donors (Lipinski definition) is 2. The van der Waals surface area contributed by atoms with Gasteiger partial charge in [-0.25, -0.2) is 0 Å². The van der Waals surface area contributed by atoms with Gasteiger partial charge in [0.1, 0.15) is 0 Å². The third kappa shape index (κ3) is 7.76. The van der Waals surface area contributed by atoms with Crippen molar-refractivity contribution in [1.82, 2.24) is 0 Å². The molecule has 0 aromatic rings. The van der Waals surface area contributed by atoms with Gasteiger partial charge in [-0.15, -0.1) is 0 Å². The molecule has 0 amide bonds. The van der Waals surface area contributed by atoms with E-state index in [4.69, 9.17) is 10.2 Å². The first-order valence-electron chi connectivity index (χ1n) is 2.64. The van der Waals surface area contributed by atoms with Crippen LogP contribution in [0.25, 0.3) is 0 Å². The predicted molar refractivity (Wildman–Crippen MR) is 27.7 cm³/mol. The number of hydrogen-bond acceptors (Lipinski definition) is 6. The highest BCUT2D eigenvalue weighted by Gasteiger charge is 1.98. The van der Waals surface area contributed by atoms with Crippen LogP contribution in [0.5, 0.6) is 0 Å². The third-order valence-corrected chi connectivity index (χ3v) is 0.385. The summed E-state index contributed by atoms with van der Waals surface area (Å²) in [6.07, 6.45) is -2.23. The average molecular weight is 154 g/mol. The molecule has 2 atom stereocenters. The molecule has 0 spiro atoms. The minimum Gasteiger partial charge on any atom is -0.366 e. The van der Waals surface area contributed by atoms with E-state index >= 15 is 0 Å². The molecule has 0 saturated heterocycles. The summed E-state index contributed by atoms with van der Waals surface area (Å²) in [5, 5.41) is 24.3. The van der Waals surface area contributed by atoms with Crippen molar-refractivity contribution in [2.75, 3.05) is 0 Å². The molecule has 10 heavy (non-hydrogen) atoms. The Balaban J connectivity index is 2.91. The largest absolute Gasteiger partial charge is 0.366 e. The summed E-state index contributed by atoms with van der Waals surface area (Å²) in [5.74, 6) is 0. The van der Waals surface area contributed by atoms with Crippen LogP contribution in [0.3, 0.4) is 0 Å². The predicted octanol–water partition coefficient (Wildman–Crippen LogP) is -0.526. The second-order valence-corrected chi connectivity index (χ2v) is 1.53. The van der Waals surface area contributed by atoms with Gasteiger partial charge in [-0.1, -0.05) is 0 Å². The molecule has 0 rings (SSSR count). The molecular formula is C4H10O6. The molecule has 0 radical (unpaired) electrons. The minimum absolute atomic E-state index is 1.11. The van der Waals surface area contributed by atoms with Crippen LogP contribution in [0, 0.1) is 0 Å². The molecule has 62 valence electrons. The van der Waals surface area contributed by atoms with E-state index in [1.165, 1.54) is 13.8 Å². The molecule has 0 heterocycles. The van der Waals surface area contributed by atoms with Gasteiger partial charge in [-0.05, 0) is 23.9 Å². The summed E-state index contributed by atoms with van der Waals surface area (Å²) < 4.78 is 0. The maximum Gasteiger partial charge on any atom is 0.189 e. The molecule has 0 fully saturated rings. The molecule has 0 aliphatic rings. The highest BCUT2D eigenvalue weighted by Crippen LogP contribution is 1.90. The zero-order valence-corrected chi connectivity index (χ0v) is 5.68. The second kappa shape index (κ2) is 5.54. The van der Waals surface area contributed by atoms with Gasteiger partial charge in [0.15, 0.2) is 12.6 Å². The lowest BCUT2D eigenvalue weighted by molar-refractivity contribution is -0.664. The fourth-order valence-corrected chi connectivity index (χ4v) is 0.146. The Hall–Kier alpha value is -0.240. The van der Waals surface area contributed by atoms with Crippen molar-refractivity contribution in [1.29, 1.82) is 0 Å². The number of aliphatic hydroxyl groups is 2. The van der Waals surface area contributed by atoms with Crippen LogP contribution in [0.4, 0.5) is 0 Å². The lowest BCUT2D eigenvalue weighted by Gasteiger charge is -2.04. The van der Waals surface area contributed by atoms with Gasteiger partial charge < -0.3 is 10.2 Å². The molecule has 0 aliphatic carbocycles. The van der Waals surface area contributed by atoms with Crippen molar-refractivity contribution >= 4 is 0 Å². The molecular weight excluding hydrogens is 144 g/mol. The first-order chi connectivity index (χ1) is 4.63. The summed E-state index contributed by atoms with van der Waals surface area (Å²) in [7, 11) is 0. The quantitative estimate of drug-likeness (QED) is 0.240. The van der Waals surface area contributed by atoms with Gasteiger partial charge in [0.2, 0.25) is 0 Å². The molecule has 0 saturated carbocycles. The Kier molecular flexibility index (Phi) is 5.40. The van der Waals surface area contributed by atoms with E-state index in [9.17, 15) is 0 Å². The Morgan fingerprint density at radius 1 is 0.900 bits per heavy atom. The standard InChI is InChI=1S/C4H10O6/c1-3(5)7-9-10-8-4(2)6/h3-6H,1-2H3. The van der Waals surface area contributed by atoms with E-state index in [1.807, 2.05) is 0 Å². The number of rotatable bonds is 5. The Morgan fingerprint density at radius 3 is 1.40 bits per heavy atom. The Morgan fingerprint density at radius 2 is 1.20 bits per heavy atom. The smallest absolute Gasteiger partial charge is 0.189 e. The molecule has 2 unspecified atom stereocenters. The van der Waals surface area contributed by atoms with Crippen LogP contribution in [-0.4, -0.2) is 22.8 Å². The molecule has 0 aromatic carbocycles. The van der Waals surface area contributed by atoms with Gasteiger partial charge in [0, 0.05) is 0 Å². The molecule has 6 heteroatoms. The van der Waals surface area contributed by atoms with Crippen molar-refractivity contribution in [3.63, 3.8) is 0 Å². The summed E-state index contributed by atoms with van der Waals surface area (Å²) >= 11 is 0. The fourth-order valence-electron chi connectivity index (χ4n) is 0.146. The average Bonchev–Trinajstić information content (AvgIpc) is 1.79. The van der Waals surface area contributed by atoms with E-state index in [1.54, 1.807) is 0 Å². The zero-order valence-electron chi connectivity index (χ0n) is 5.68. The summed E-state index contributed by atoms with van der Waals surface area (Å²) in [6, 6.07) is 0. The van der Waals surface area contributed by atoms with Gasteiger partial charge >= 0.3 is 0 Å². The summed E-state index contributed by atoms with van der Waals surface area (Å²) in [4.78, 5) is 7.98. The van der Waals surface area contributed by atoms with Crippen molar-refractivity contribution in [2.24, 2.45) is 0 Å². The highest BCUT2D eigenvalue weighted by molar-refractivity contribution is 4.08. The maximum atomic E-state index is 8.37. The van der Waals surface area contributed by atoms with Crippen LogP contribution in [0.1, 0.15) is 13.8 Å². The second-order valence-electron chi connectivity index (χ2n) is 1.53. The molecule has 6 nitrogen and oxygen atoms in total. The van der Waals surface area contributed by atoms with Crippen molar-refractivity contribution < 1.29 is 30.1 Å². The first-order valence-corrected chi connectivity index (χ1v) is 2.64. The topological polar surface area (TPSA) is 77.4 Å².